The van der Waals surface area contributed by atoms with Crippen molar-refractivity contribution >= 4 is 17.4 Å². The van der Waals surface area contributed by atoms with E-state index in [-0.39, 0.29) is 12.1 Å². The van der Waals surface area contributed by atoms with Gasteiger partial charge in [0.05, 0.1) is 31.1 Å². The van der Waals surface area contributed by atoms with Gasteiger partial charge in [0, 0.05) is 12.3 Å². The Morgan fingerprint density at radius 3 is 2.70 bits per heavy atom. The van der Waals surface area contributed by atoms with Gasteiger partial charge in [0.1, 0.15) is 0 Å². The number of rotatable bonds is 4. The molecule has 0 amide bonds. The van der Waals surface area contributed by atoms with Crippen molar-refractivity contribution in [1.29, 1.82) is 0 Å². The molecule has 1 aliphatic rings. The van der Waals surface area contributed by atoms with Crippen molar-refractivity contribution in [2.75, 3.05) is 12.1 Å². The molecule has 2 N–H and O–H groups in total. The van der Waals surface area contributed by atoms with Crippen molar-refractivity contribution in [3.05, 3.63) is 48.4 Å². The number of methoxy groups -OCH3 is 1. The van der Waals surface area contributed by atoms with E-state index >= 15 is 0 Å². The maximum absolute atomic E-state index is 11.3. The monoisotopic (exact) mass is 314 g/mol. The fraction of sp³-hybridized carbons (Fsp3) is 0.200. The van der Waals surface area contributed by atoms with Crippen LogP contribution in [0.4, 0.5) is 5.69 Å². The first-order chi connectivity index (χ1) is 11.0. The maximum atomic E-state index is 11.3. The van der Waals surface area contributed by atoms with Crippen molar-refractivity contribution in [2.45, 2.75) is 12.1 Å². The molecule has 8 nitrogen and oxygen atoms in total. The summed E-state index contributed by atoms with van der Waals surface area (Å²) in [6.45, 7) is 0. The molecule has 23 heavy (non-hydrogen) atoms. The second-order valence-corrected chi connectivity index (χ2v) is 4.93. The standard InChI is InChI=1S/C15H14N4O4/c1-23-13-6-5-10(9-17-13)19-15(22,8-11(18-19)14(20)21)12-4-2-3-7-16-12/h2-7,9,22H,8H2,1H3,(H,20,21). The van der Waals surface area contributed by atoms with Crippen molar-refractivity contribution in [2.24, 2.45) is 5.10 Å². The van der Waals surface area contributed by atoms with Gasteiger partial charge in [0.25, 0.3) is 0 Å². The van der Waals surface area contributed by atoms with E-state index in [0.717, 1.165) is 0 Å². The largest absolute Gasteiger partial charge is 0.481 e. The van der Waals surface area contributed by atoms with Crippen molar-refractivity contribution in [3.63, 3.8) is 0 Å². The van der Waals surface area contributed by atoms with Crippen molar-refractivity contribution < 1.29 is 19.7 Å². The van der Waals surface area contributed by atoms with Crippen LogP contribution in [0.2, 0.25) is 0 Å². The van der Waals surface area contributed by atoms with Gasteiger partial charge >= 0.3 is 5.97 Å². The minimum atomic E-state index is -1.69. The molecule has 3 rings (SSSR count). The number of carboxylic acid groups (broad SMARTS) is 1. The quantitative estimate of drug-likeness (QED) is 0.866. The molecule has 0 aromatic carbocycles. The number of carboxylic acids is 1. The Balaban J connectivity index is 2.06. The Morgan fingerprint density at radius 2 is 2.13 bits per heavy atom. The number of aliphatic hydroxyl groups is 1. The molecule has 0 spiro atoms. The van der Waals surface area contributed by atoms with Gasteiger partial charge in [-0.3, -0.25) is 4.98 Å². The summed E-state index contributed by atoms with van der Waals surface area (Å²) in [5.41, 5.74) is -1.12. The summed E-state index contributed by atoms with van der Waals surface area (Å²) in [4.78, 5) is 19.5. The average molecular weight is 314 g/mol. The van der Waals surface area contributed by atoms with Crippen LogP contribution < -0.4 is 9.75 Å². The third kappa shape index (κ3) is 2.59. The first-order valence-electron chi connectivity index (χ1n) is 6.79. The van der Waals surface area contributed by atoms with Gasteiger partial charge in [-0.05, 0) is 18.2 Å². The molecule has 2 aromatic heterocycles. The molecule has 0 saturated heterocycles. The normalized spacial score (nSPS) is 20.3. The lowest BCUT2D eigenvalue weighted by atomic mass is 10.0. The molecule has 1 atom stereocenters. The van der Waals surface area contributed by atoms with Gasteiger partial charge in [-0.25, -0.2) is 14.8 Å². The average Bonchev–Trinajstić information content (AvgIpc) is 2.95. The Bertz CT molecular complexity index is 748. The summed E-state index contributed by atoms with van der Waals surface area (Å²) in [7, 11) is 1.49. The molecular weight excluding hydrogens is 300 g/mol. The van der Waals surface area contributed by atoms with Crippen LogP contribution in [0.5, 0.6) is 5.88 Å². The van der Waals surface area contributed by atoms with Crippen LogP contribution in [0.25, 0.3) is 0 Å². The number of anilines is 1. The molecule has 0 bridgehead atoms. The highest BCUT2D eigenvalue weighted by Crippen LogP contribution is 2.38. The lowest BCUT2D eigenvalue weighted by Crippen LogP contribution is -2.41. The van der Waals surface area contributed by atoms with E-state index in [1.54, 1.807) is 30.3 Å². The summed E-state index contributed by atoms with van der Waals surface area (Å²) < 4.78 is 4.99. The van der Waals surface area contributed by atoms with Crippen LogP contribution >= 0.6 is 0 Å². The summed E-state index contributed by atoms with van der Waals surface area (Å²) in [6.07, 6.45) is 2.78. The van der Waals surface area contributed by atoms with E-state index in [1.165, 1.54) is 24.5 Å². The van der Waals surface area contributed by atoms with E-state index in [0.29, 0.717) is 17.3 Å². The zero-order chi connectivity index (χ0) is 16.4. The second-order valence-electron chi connectivity index (χ2n) is 4.93. The minimum absolute atomic E-state index is 0.158. The topological polar surface area (TPSA) is 108 Å². The third-order valence-corrected chi connectivity index (χ3v) is 3.48. The van der Waals surface area contributed by atoms with Crippen LogP contribution in [0.15, 0.2) is 47.8 Å². The predicted molar refractivity (Wildman–Crippen MR) is 81.1 cm³/mol. The number of pyridine rings is 2. The smallest absolute Gasteiger partial charge is 0.352 e. The third-order valence-electron chi connectivity index (χ3n) is 3.48. The summed E-state index contributed by atoms with van der Waals surface area (Å²) in [6, 6.07) is 8.27. The van der Waals surface area contributed by atoms with Crippen molar-refractivity contribution in [3.8, 4) is 5.88 Å². The molecule has 0 fully saturated rings. The fourth-order valence-corrected chi connectivity index (χ4v) is 2.35. The first-order valence-corrected chi connectivity index (χ1v) is 6.79. The molecule has 3 heterocycles. The van der Waals surface area contributed by atoms with Gasteiger partial charge in [-0.2, -0.15) is 5.10 Å². The van der Waals surface area contributed by atoms with Crippen LogP contribution in [0.1, 0.15) is 12.1 Å². The Labute approximate surface area is 131 Å². The molecule has 0 radical (unpaired) electrons. The molecular formula is C15H14N4O4. The molecule has 0 aliphatic carbocycles. The zero-order valence-corrected chi connectivity index (χ0v) is 12.2. The number of nitrogens with zero attached hydrogens (tertiary/aromatic N) is 4. The number of hydrazone groups is 1. The number of carbonyl (C=O) groups is 1. The van der Waals surface area contributed by atoms with E-state index in [9.17, 15) is 15.0 Å². The van der Waals surface area contributed by atoms with Gasteiger partial charge in [0.2, 0.25) is 11.6 Å². The number of hydrogen-bond acceptors (Lipinski definition) is 7. The van der Waals surface area contributed by atoms with Crippen LogP contribution in [-0.4, -0.2) is 39.0 Å². The Morgan fingerprint density at radius 1 is 1.30 bits per heavy atom. The van der Waals surface area contributed by atoms with Crippen LogP contribution in [-0.2, 0) is 10.5 Å². The fourth-order valence-electron chi connectivity index (χ4n) is 2.35. The molecule has 118 valence electrons. The molecule has 1 aliphatic heterocycles. The maximum Gasteiger partial charge on any atom is 0.352 e. The lowest BCUT2D eigenvalue weighted by Gasteiger charge is -2.31. The van der Waals surface area contributed by atoms with Crippen LogP contribution in [0, 0.1) is 0 Å². The molecule has 1 unspecified atom stereocenters. The highest BCUT2D eigenvalue weighted by atomic mass is 16.5. The molecule has 2 aromatic rings. The summed E-state index contributed by atoms with van der Waals surface area (Å²) in [5.74, 6) is -0.792. The number of aliphatic carboxylic acids is 1. The first kappa shape index (κ1) is 14.9. The highest BCUT2D eigenvalue weighted by molar-refractivity contribution is 6.36. The summed E-state index contributed by atoms with van der Waals surface area (Å²) in [5, 5.41) is 25.5. The lowest BCUT2D eigenvalue weighted by molar-refractivity contribution is -0.129. The number of hydrogen-bond donors (Lipinski definition) is 2. The van der Waals surface area contributed by atoms with E-state index < -0.39 is 11.7 Å². The Kier molecular flexibility index (Phi) is 3.67. The number of aromatic nitrogens is 2. The predicted octanol–water partition coefficient (Wildman–Crippen LogP) is 0.981. The van der Waals surface area contributed by atoms with Gasteiger partial charge in [-0.1, -0.05) is 6.07 Å². The van der Waals surface area contributed by atoms with Gasteiger partial charge < -0.3 is 14.9 Å². The SMILES string of the molecule is COc1ccc(N2N=C(C(=O)O)CC2(O)c2ccccn2)cn1. The Hall–Kier alpha value is -3.00. The number of ether oxygens (including phenoxy) is 1. The minimum Gasteiger partial charge on any atom is -0.481 e. The van der Waals surface area contributed by atoms with Gasteiger partial charge in [0.15, 0.2) is 5.71 Å². The highest BCUT2D eigenvalue weighted by Gasteiger charge is 2.46. The van der Waals surface area contributed by atoms with E-state index in [2.05, 4.69) is 15.1 Å². The van der Waals surface area contributed by atoms with Crippen molar-refractivity contribution in [1.82, 2.24) is 9.97 Å². The zero-order valence-electron chi connectivity index (χ0n) is 12.2. The molecule has 8 heteroatoms. The van der Waals surface area contributed by atoms with E-state index in [4.69, 9.17) is 4.74 Å². The molecule has 0 saturated carbocycles. The summed E-state index contributed by atoms with van der Waals surface area (Å²) >= 11 is 0. The second kappa shape index (κ2) is 5.65. The van der Waals surface area contributed by atoms with Gasteiger partial charge in [-0.15, -0.1) is 0 Å². The van der Waals surface area contributed by atoms with Crippen LogP contribution in [0.3, 0.4) is 0 Å². The van der Waals surface area contributed by atoms with E-state index in [1.807, 2.05) is 0 Å².